The lowest BCUT2D eigenvalue weighted by Gasteiger charge is -2.23. The summed E-state index contributed by atoms with van der Waals surface area (Å²) in [5.41, 5.74) is 1.35. The summed E-state index contributed by atoms with van der Waals surface area (Å²) >= 11 is 1.38. The number of carbonyl (C=O) groups excluding carboxylic acids is 1. The van der Waals surface area contributed by atoms with Gasteiger partial charge in [0, 0.05) is 26.2 Å². The number of anilines is 1. The predicted octanol–water partition coefficient (Wildman–Crippen LogP) is 2.62. The lowest BCUT2D eigenvalue weighted by atomic mass is 10.2. The Morgan fingerprint density at radius 1 is 1.23 bits per heavy atom. The number of nitrogens with one attached hydrogen (secondary N) is 1. The smallest absolute Gasteiger partial charge is 0.281 e. The van der Waals surface area contributed by atoms with E-state index >= 15 is 0 Å². The van der Waals surface area contributed by atoms with E-state index in [0.717, 1.165) is 37.8 Å². The van der Waals surface area contributed by atoms with Gasteiger partial charge in [0.2, 0.25) is 5.91 Å². The van der Waals surface area contributed by atoms with Crippen LogP contribution in [0.3, 0.4) is 0 Å². The van der Waals surface area contributed by atoms with Crippen molar-refractivity contribution in [2.45, 2.75) is 50.9 Å². The van der Waals surface area contributed by atoms with E-state index < -0.39 is 0 Å². The summed E-state index contributed by atoms with van der Waals surface area (Å²) in [5.74, 6) is 0.639. The molecule has 0 spiro atoms. The second kappa shape index (κ2) is 8.39. The first kappa shape index (κ1) is 20.1. The van der Waals surface area contributed by atoms with Gasteiger partial charge in [-0.1, -0.05) is 41.7 Å². The molecule has 1 N–H and O–H groups in total. The van der Waals surface area contributed by atoms with Gasteiger partial charge in [0.1, 0.15) is 18.5 Å². The molecule has 5 rings (SSSR count). The van der Waals surface area contributed by atoms with Crippen LogP contribution in [-0.4, -0.2) is 40.1 Å². The molecule has 1 saturated carbocycles. The zero-order valence-electron chi connectivity index (χ0n) is 17.4. The van der Waals surface area contributed by atoms with Gasteiger partial charge in [-0.3, -0.25) is 14.2 Å². The number of rotatable bonds is 7. The molecule has 1 saturated heterocycles. The lowest BCUT2D eigenvalue weighted by Crippen LogP contribution is -2.43. The molecular formula is C22H25N5O3S. The maximum absolute atomic E-state index is 13.1. The van der Waals surface area contributed by atoms with Gasteiger partial charge in [-0.2, -0.15) is 0 Å². The Labute approximate surface area is 183 Å². The number of carbonyl (C=O) groups is 1. The number of amides is 1. The van der Waals surface area contributed by atoms with Crippen LogP contribution in [0.1, 0.15) is 43.1 Å². The number of methoxy groups -OCH3 is 1. The molecular weight excluding hydrogens is 414 g/mol. The molecule has 1 amide bonds. The van der Waals surface area contributed by atoms with Crippen molar-refractivity contribution in [2.75, 3.05) is 18.6 Å². The molecule has 162 valence electrons. The van der Waals surface area contributed by atoms with E-state index in [4.69, 9.17) is 9.72 Å². The summed E-state index contributed by atoms with van der Waals surface area (Å²) in [4.78, 5) is 38.0. The second-order valence-corrected chi connectivity index (χ2v) is 9.03. The second-order valence-electron chi connectivity index (χ2n) is 8.07. The van der Waals surface area contributed by atoms with Crippen molar-refractivity contribution >= 4 is 32.7 Å². The maximum Gasteiger partial charge on any atom is 0.281 e. The maximum atomic E-state index is 13.1. The standard InChI is InChI=1S/C22H25N5O3S/c1-30-13-17-24-20-18(21(29)27(17)15-9-10-15)25-22(31-20)26-11-5-8-16(26)19(28)23-12-14-6-3-2-4-7-14/h2-4,6-7,15-16H,5,8-13H2,1H3,(H,23,28). The monoisotopic (exact) mass is 439 g/mol. The van der Waals surface area contributed by atoms with E-state index in [-0.39, 0.29) is 23.6 Å². The average molecular weight is 440 g/mol. The molecule has 2 fully saturated rings. The Kier molecular flexibility index (Phi) is 5.45. The van der Waals surface area contributed by atoms with Crippen molar-refractivity contribution in [2.24, 2.45) is 0 Å². The fourth-order valence-electron chi connectivity index (χ4n) is 4.15. The summed E-state index contributed by atoms with van der Waals surface area (Å²) in [6, 6.07) is 9.79. The van der Waals surface area contributed by atoms with Crippen LogP contribution in [0.15, 0.2) is 35.1 Å². The summed E-state index contributed by atoms with van der Waals surface area (Å²) in [7, 11) is 1.61. The number of hydrogen-bond donors (Lipinski definition) is 1. The summed E-state index contributed by atoms with van der Waals surface area (Å²) in [5, 5.41) is 3.73. The topological polar surface area (TPSA) is 89.3 Å². The van der Waals surface area contributed by atoms with E-state index in [0.29, 0.717) is 34.5 Å². The van der Waals surface area contributed by atoms with Crippen molar-refractivity contribution < 1.29 is 9.53 Å². The molecule has 3 aromatic rings. The quantitative estimate of drug-likeness (QED) is 0.609. The Morgan fingerprint density at radius 3 is 2.77 bits per heavy atom. The molecule has 0 radical (unpaired) electrons. The summed E-state index contributed by atoms with van der Waals surface area (Å²) in [6.07, 6.45) is 3.65. The van der Waals surface area contributed by atoms with E-state index in [2.05, 4.69) is 10.3 Å². The molecule has 0 bridgehead atoms. The number of benzene rings is 1. The summed E-state index contributed by atoms with van der Waals surface area (Å²) in [6.45, 7) is 1.53. The number of hydrogen-bond acceptors (Lipinski definition) is 7. The van der Waals surface area contributed by atoms with Crippen LogP contribution in [0, 0.1) is 0 Å². The third-order valence-electron chi connectivity index (χ3n) is 5.82. The third-order valence-corrected chi connectivity index (χ3v) is 6.81. The summed E-state index contributed by atoms with van der Waals surface area (Å²) < 4.78 is 7.01. The van der Waals surface area contributed by atoms with Crippen molar-refractivity contribution in [1.82, 2.24) is 19.9 Å². The molecule has 2 aliphatic rings. The SMILES string of the molecule is COCc1nc2sc(N3CCCC3C(=O)NCc3ccccc3)nc2c(=O)n1C1CC1. The van der Waals surface area contributed by atoms with Crippen LogP contribution in [0.5, 0.6) is 0 Å². The van der Waals surface area contributed by atoms with Gasteiger partial charge < -0.3 is 15.0 Å². The van der Waals surface area contributed by atoms with E-state index in [1.54, 1.807) is 11.7 Å². The molecule has 1 aliphatic carbocycles. The van der Waals surface area contributed by atoms with Crippen LogP contribution in [0.25, 0.3) is 10.3 Å². The molecule has 31 heavy (non-hydrogen) atoms. The number of aromatic nitrogens is 3. The lowest BCUT2D eigenvalue weighted by molar-refractivity contribution is -0.122. The van der Waals surface area contributed by atoms with E-state index in [1.165, 1.54) is 11.3 Å². The van der Waals surface area contributed by atoms with Crippen molar-refractivity contribution in [1.29, 1.82) is 0 Å². The zero-order chi connectivity index (χ0) is 21.4. The first-order valence-electron chi connectivity index (χ1n) is 10.6. The fraction of sp³-hybridized carbons (Fsp3) is 0.455. The minimum Gasteiger partial charge on any atom is -0.377 e. The number of thiazole rings is 1. The fourth-order valence-corrected chi connectivity index (χ4v) is 5.18. The highest BCUT2D eigenvalue weighted by Crippen LogP contribution is 2.36. The number of nitrogens with zero attached hydrogens (tertiary/aromatic N) is 4. The Bertz CT molecular complexity index is 1160. The first-order chi connectivity index (χ1) is 15.2. The molecule has 1 atom stereocenters. The molecule has 3 heterocycles. The Morgan fingerprint density at radius 2 is 2.03 bits per heavy atom. The highest BCUT2D eigenvalue weighted by Gasteiger charge is 2.34. The Balaban J connectivity index is 1.40. The van der Waals surface area contributed by atoms with Gasteiger partial charge in [-0.05, 0) is 31.2 Å². The van der Waals surface area contributed by atoms with E-state index in [9.17, 15) is 9.59 Å². The predicted molar refractivity (Wildman–Crippen MR) is 119 cm³/mol. The van der Waals surface area contributed by atoms with Crippen molar-refractivity contribution in [3.8, 4) is 0 Å². The van der Waals surface area contributed by atoms with Crippen molar-refractivity contribution in [3.63, 3.8) is 0 Å². The number of fused-ring (bicyclic) bond motifs is 1. The minimum absolute atomic E-state index is 0.0102. The number of ether oxygens (including phenoxy) is 1. The van der Waals surface area contributed by atoms with Gasteiger partial charge in [0.15, 0.2) is 15.5 Å². The van der Waals surface area contributed by atoms with Crippen LogP contribution in [0.4, 0.5) is 5.13 Å². The van der Waals surface area contributed by atoms with Crippen molar-refractivity contribution in [3.05, 3.63) is 52.1 Å². The van der Waals surface area contributed by atoms with Gasteiger partial charge in [0.05, 0.1) is 0 Å². The largest absolute Gasteiger partial charge is 0.377 e. The van der Waals surface area contributed by atoms with Crippen LogP contribution < -0.4 is 15.8 Å². The molecule has 9 heteroatoms. The molecule has 1 aliphatic heterocycles. The van der Waals surface area contributed by atoms with Crippen LogP contribution >= 0.6 is 11.3 Å². The third kappa shape index (κ3) is 3.95. The van der Waals surface area contributed by atoms with Gasteiger partial charge in [0.25, 0.3) is 5.56 Å². The van der Waals surface area contributed by atoms with Gasteiger partial charge in [-0.15, -0.1) is 0 Å². The molecule has 1 unspecified atom stereocenters. The highest BCUT2D eigenvalue weighted by atomic mass is 32.1. The van der Waals surface area contributed by atoms with Crippen LogP contribution in [-0.2, 0) is 22.7 Å². The normalized spacial score (nSPS) is 18.6. The zero-order valence-corrected chi connectivity index (χ0v) is 18.2. The van der Waals surface area contributed by atoms with Crippen LogP contribution in [0.2, 0.25) is 0 Å². The van der Waals surface area contributed by atoms with Gasteiger partial charge in [-0.25, -0.2) is 9.97 Å². The van der Waals surface area contributed by atoms with Gasteiger partial charge >= 0.3 is 0 Å². The highest BCUT2D eigenvalue weighted by molar-refractivity contribution is 7.21. The molecule has 8 nitrogen and oxygen atoms in total. The Hall–Kier alpha value is -2.78. The molecule has 1 aromatic carbocycles. The molecule has 2 aromatic heterocycles. The van der Waals surface area contributed by atoms with E-state index in [1.807, 2.05) is 35.2 Å². The first-order valence-corrected chi connectivity index (χ1v) is 11.5. The minimum atomic E-state index is -0.284. The average Bonchev–Trinajstić information content (AvgIpc) is 3.32.